The van der Waals surface area contributed by atoms with Crippen molar-refractivity contribution < 1.29 is 9.53 Å². The molecular weight excluding hydrogens is 440 g/mol. The Morgan fingerprint density at radius 1 is 0.969 bits per heavy atom. The number of carbonyl (C=O) groups excluding carboxylic acids is 1. The first-order valence-electron chi connectivity index (χ1n) is 9.73. The molecule has 4 rings (SSSR count). The topological polar surface area (TPSA) is 87.9 Å². The minimum Gasteiger partial charge on any atom is -0.489 e. The molecule has 0 aliphatic carbocycles. The molecule has 0 radical (unpaired) electrons. The Balaban J connectivity index is 1.28. The standard InChI is InChI=1S/C24H18N4O2S2/c25-14-17-6-8-19(9-7-17)16-31-24-28-27-23(32-24)26-22(29)20-12-10-18(11-13-20)15-30-21-4-2-1-3-5-21/h1-13H,15-16H2,(H,26,27,29). The van der Waals surface area contributed by atoms with Gasteiger partial charge in [-0.3, -0.25) is 10.1 Å². The molecule has 8 heteroatoms. The highest BCUT2D eigenvalue weighted by Gasteiger charge is 2.11. The smallest absolute Gasteiger partial charge is 0.257 e. The van der Waals surface area contributed by atoms with E-state index in [2.05, 4.69) is 21.6 Å². The minimum absolute atomic E-state index is 0.236. The Morgan fingerprint density at radius 2 is 1.69 bits per heavy atom. The third-order valence-electron chi connectivity index (χ3n) is 4.44. The van der Waals surface area contributed by atoms with Crippen molar-refractivity contribution in [2.24, 2.45) is 0 Å². The molecule has 0 aliphatic heterocycles. The third kappa shape index (κ3) is 5.94. The van der Waals surface area contributed by atoms with Crippen LogP contribution < -0.4 is 10.1 Å². The Labute approximate surface area is 193 Å². The first-order chi connectivity index (χ1) is 15.7. The van der Waals surface area contributed by atoms with Gasteiger partial charge in [0.1, 0.15) is 12.4 Å². The van der Waals surface area contributed by atoms with Gasteiger partial charge < -0.3 is 4.74 Å². The first kappa shape index (κ1) is 21.6. The first-order valence-corrected chi connectivity index (χ1v) is 11.5. The Hall–Kier alpha value is -3.67. The van der Waals surface area contributed by atoms with Gasteiger partial charge in [0.25, 0.3) is 5.91 Å². The molecule has 1 N–H and O–H groups in total. The molecule has 4 aromatic rings. The summed E-state index contributed by atoms with van der Waals surface area (Å²) < 4.78 is 6.49. The molecule has 0 saturated heterocycles. The molecule has 3 aromatic carbocycles. The molecule has 0 bridgehead atoms. The Bertz CT molecular complexity index is 1220. The number of nitriles is 1. The summed E-state index contributed by atoms with van der Waals surface area (Å²) in [5.41, 5.74) is 3.24. The van der Waals surface area contributed by atoms with Gasteiger partial charge in [-0.05, 0) is 47.5 Å². The number of rotatable bonds is 8. The number of aromatic nitrogens is 2. The van der Waals surface area contributed by atoms with Crippen LogP contribution in [0.3, 0.4) is 0 Å². The number of amides is 1. The Morgan fingerprint density at radius 3 is 2.41 bits per heavy atom. The maximum absolute atomic E-state index is 12.5. The van der Waals surface area contributed by atoms with Crippen molar-refractivity contribution in [1.29, 1.82) is 5.26 Å². The van der Waals surface area contributed by atoms with Crippen molar-refractivity contribution in [3.05, 3.63) is 101 Å². The van der Waals surface area contributed by atoms with Crippen LogP contribution in [0.2, 0.25) is 0 Å². The third-order valence-corrected chi connectivity index (χ3v) is 6.48. The van der Waals surface area contributed by atoms with E-state index < -0.39 is 0 Å². The highest BCUT2D eigenvalue weighted by atomic mass is 32.2. The van der Waals surface area contributed by atoms with Crippen molar-refractivity contribution in [2.75, 3.05) is 5.32 Å². The number of nitrogens with zero attached hydrogens (tertiary/aromatic N) is 3. The summed E-state index contributed by atoms with van der Waals surface area (Å²) in [4.78, 5) is 12.5. The fourth-order valence-electron chi connectivity index (χ4n) is 2.74. The number of hydrogen-bond acceptors (Lipinski definition) is 7. The van der Waals surface area contributed by atoms with Crippen LogP contribution in [0.1, 0.15) is 27.0 Å². The molecule has 0 aliphatic rings. The molecule has 0 atom stereocenters. The summed E-state index contributed by atoms with van der Waals surface area (Å²) in [7, 11) is 0. The number of nitrogens with one attached hydrogen (secondary N) is 1. The van der Waals surface area contributed by atoms with Crippen LogP contribution >= 0.6 is 23.1 Å². The number of thioether (sulfide) groups is 1. The van der Waals surface area contributed by atoms with E-state index in [0.717, 1.165) is 21.2 Å². The fraction of sp³-hybridized carbons (Fsp3) is 0.0833. The average molecular weight is 459 g/mol. The van der Waals surface area contributed by atoms with E-state index >= 15 is 0 Å². The van der Waals surface area contributed by atoms with Crippen LogP contribution in [0.25, 0.3) is 0 Å². The van der Waals surface area contributed by atoms with E-state index in [9.17, 15) is 4.79 Å². The zero-order valence-corrected chi connectivity index (χ0v) is 18.5. The predicted molar refractivity (Wildman–Crippen MR) is 126 cm³/mol. The average Bonchev–Trinajstić information content (AvgIpc) is 3.30. The summed E-state index contributed by atoms with van der Waals surface area (Å²) in [6.45, 7) is 0.433. The molecule has 0 unspecified atom stereocenters. The highest BCUT2D eigenvalue weighted by molar-refractivity contribution is 8.00. The normalized spacial score (nSPS) is 10.3. The van der Waals surface area contributed by atoms with Crippen LogP contribution in [-0.2, 0) is 12.4 Å². The second-order valence-corrected chi connectivity index (χ2v) is 8.92. The fourth-order valence-corrected chi connectivity index (χ4v) is 4.45. The lowest BCUT2D eigenvalue weighted by Gasteiger charge is -2.07. The van der Waals surface area contributed by atoms with Gasteiger partial charge >= 0.3 is 0 Å². The van der Waals surface area contributed by atoms with E-state index in [4.69, 9.17) is 10.00 Å². The van der Waals surface area contributed by atoms with Gasteiger partial charge in [-0.1, -0.05) is 65.6 Å². The zero-order chi connectivity index (χ0) is 22.2. The van der Waals surface area contributed by atoms with Gasteiger partial charge in [0.05, 0.1) is 11.6 Å². The van der Waals surface area contributed by atoms with Gasteiger partial charge in [-0.15, -0.1) is 10.2 Å². The predicted octanol–water partition coefficient (Wildman–Crippen LogP) is 5.53. The summed E-state index contributed by atoms with van der Waals surface area (Å²) in [6, 6.07) is 26.4. The molecule has 1 aromatic heterocycles. The summed E-state index contributed by atoms with van der Waals surface area (Å²) in [6.07, 6.45) is 0. The number of hydrogen-bond donors (Lipinski definition) is 1. The van der Waals surface area contributed by atoms with Crippen molar-refractivity contribution in [2.45, 2.75) is 16.7 Å². The molecule has 0 saturated carbocycles. The van der Waals surface area contributed by atoms with Gasteiger partial charge in [0, 0.05) is 11.3 Å². The lowest BCUT2D eigenvalue weighted by molar-refractivity contribution is 0.102. The van der Waals surface area contributed by atoms with Gasteiger partial charge in [-0.25, -0.2) is 0 Å². The summed E-state index contributed by atoms with van der Waals surface area (Å²) in [5, 5.41) is 20.3. The maximum Gasteiger partial charge on any atom is 0.257 e. The number of anilines is 1. The Kier molecular flexibility index (Phi) is 7.12. The molecule has 0 spiro atoms. The van der Waals surface area contributed by atoms with E-state index in [1.807, 2.05) is 54.6 Å². The van der Waals surface area contributed by atoms with Crippen molar-refractivity contribution >= 4 is 34.1 Å². The van der Waals surface area contributed by atoms with Crippen LogP contribution in [0.15, 0.2) is 83.2 Å². The van der Waals surface area contributed by atoms with E-state index in [1.54, 1.807) is 24.3 Å². The molecule has 6 nitrogen and oxygen atoms in total. The van der Waals surface area contributed by atoms with Crippen molar-refractivity contribution in [3.63, 3.8) is 0 Å². The highest BCUT2D eigenvalue weighted by Crippen LogP contribution is 2.28. The molecule has 32 heavy (non-hydrogen) atoms. The zero-order valence-electron chi connectivity index (χ0n) is 16.9. The SMILES string of the molecule is N#Cc1ccc(CSc2nnc(NC(=O)c3ccc(COc4ccccc4)cc3)s2)cc1. The monoisotopic (exact) mass is 458 g/mol. The largest absolute Gasteiger partial charge is 0.489 e. The summed E-state index contributed by atoms with van der Waals surface area (Å²) in [5.74, 6) is 1.28. The second kappa shape index (κ2) is 10.6. The second-order valence-electron chi connectivity index (χ2n) is 6.72. The number of para-hydroxylation sites is 1. The van der Waals surface area contributed by atoms with E-state index in [-0.39, 0.29) is 5.91 Å². The number of benzene rings is 3. The quantitative estimate of drug-likeness (QED) is 0.276. The van der Waals surface area contributed by atoms with Crippen LogP contribution in [-0.4, -0.2) is 16.1 Å². The minimum atomic E-state index is -0.236. The number of ether oxygens (including phenoxy) is 1. The molecule has 1 heterocycles. The van der Waals surface area contributed by atoms with E-state index in [1.165, 1.54) is 23.1 Å². The van der Waals surface area contributed by atoms with Crippen molar-refractivity contribution in [1.82, 2.24) is 10.2 Å². The van der Waals surface area contributed by atoms with Gasteiger partial charge in [0.2, 0.25) is 5.13 Å². The van der Waals surface area contributed by atoms with Gasteiger partial charge in [-0.2, -0.15) is 5.26 Å². The van der Waals surface area contributed by atoms with Crippen LogP contribution in [0.4, 0.5) is 5.13 Å². The van der Waals surface area contributed by atoms with Gasteiger partial charge in [0.15, 0.2) is 4.34 Å². The lowest BCUT2D eigenvalue weighted by atomic mass is 10.1. The van der Waals surface area contributed by atoms with Crippen LogP contribution in [0, 0.1) is 11.3 Å². The molecular formula is C24H18N4O2S2. The molecule has 158 valence electrons. The van der Waals surface area contributed by atoms with Crippen LogP contribution in [0.5, 0.6) is 5.75 Å². The molecule has 1 amide bonds. The molecule has 0 fully saturated rings. The summed E-state index contributed by atoms with van der Waals surface area (Å²) >= 11 is 2.86. The van der Waals surface area contributed by atoms with Crippen molar-refractivity contribution in [3.8, 4) is 11.8 Å². The van der Waals surface area contributed by atoms with E-state index in [0.29, 0.717) is 28.6 Å². The number of carbonyl (C=O) groups is 1. The lowest BCUT2D eigenvalue weighted by Crippen LogP contribution is -2.11. The maximum atomic E-state index is 12.5.